The predicted molar refractivity (Wildman–Crippen MR) is 122 cm³/mol. The van der Waals surface area contributed by atoms with Crippen LogP contribution >= 0.6 is 0 Å². The Morgan fingerprint density at radius 3 is 2.64 bits per heavy atom. The summed E-state index contributed by atoms with van der Waals surface area (Å²) < 4.78 is 7.30. The molecule has 33 heavy (non-hydrogen) atoms. The van der Waals surface area contributed by atoms with Crippen LogP contribution in [0.25, 0.3) is 17.1 Å². The molecule has 0 spiro atoms. The Kier molecular flexibility index (Phi) is 6.89. The lowest BCUT2D eigenvalue weighted by atomic mass is 10.2. The van der Waals surface area contributed by atoms with Crippen LogP contribution in [0.15, 0.2) is 37.2 Å². The number of amides is 2. The van der Waals surface area contributed by atoms with Gasteiger partial charge in [0.25, 0.3) is 0 Å². The first kappa shape index (κ1) is 22.3. The number of nitrogens with two attached hydrogens (primary N) is 1. The number of fused-ring (bicyclic) bond motifs is 1. The monoisotopic (exact) mass is 450 g/mol. The van der Waals surface area contributed by atoms with Gasteiger partial charge in [0, 0.05) is 31.7 Å². The molecule has 0 atom stereocenters. The van der Waals surface area contributed by atoms with Crippen molar-refractivity contribution in [2.24, 2.45) is 5.73 Å². The zero-order valence-electron chi connectivity index (χ0n) is 18.3. The highest BCUT2D eigenvalue weighted by Crippen LogP contribution is 2.14. The van der Waals surface area contributed by atoms with Gasteiger partial charge >= 0.3 is 0 Å². The van der Waals surface area contributed by atoms with Crippen LogP contribution in [0, 0.1) is 0 Å². The van der Waals surface area contributed by atoms with Gasteiger partial charge in [-0.25, -0.2) is 9.67 Å². The predicted octanol–water partition coefficient (Wildman–Crippen LogP) is 0.719. The van der Waals surface area contributed by atoms with Crippen molar-refractivity contribution in [3.05, 3.63) is 48.4 Å². The molecule has 3 aromatic rings. The van der Waals surface area contributed by atoms with E-state index >= 15 is 0 Å². The first-order valence-electron chi connectivity index (χ1n) is 10.7. The van der Waals surface area contributed by atoms with Gasteiger partial charge in [0.05, 0.1) is 49.8 Å². The highest BCUT2D eigenvalue weighted by Gasteiger charge is 2.21. The Labute approximate surface area is 190 Å². The fraction of sp³-hybridized carbons (Fsp3) is 0.364. The van der Waals surface area contributed by atoms with Gasteiger partial charge in [-0.1, -0.05) is 11.8 Å². The lowest BCUT2D eigenvalue weighted by molar-refractivity contribution is -0.132. The molecule has 1 aliphatic rings. The molecule has 0 saturated carbocycles. The maximum atomic E-state index is 12.5. The lowest BCUT2D eigenvalue weighted by Crippen LogP contribution is -2.49. The summed E-state index contributed by atoms with van der Waals surface area (Å²) in [5.41, 5.74) is 7.87. The van der Waals surface area contributed by atoms with E-state index in [-0.39, 0.29) is 5.91 Å². The van der Waals surface area contributed by atoms with E-state index in [1.807, 2.05) is 4.90 Å². The fourth-order valence-corrected chi connectivity index (χ4v) is 3.64. The van der Waals surface area contributed by atoms with Gasteiger partial charge in [-0.3, -0.25) is 14.6 Å². The van der Waals surface area contributed by atoms with Crippen LogP contribution in [0.3, 0.4) is 0 Å². The number of carbonyl (C=O) groups excluding carboxylic acids is 2. The van der Waals surface area contributed by atoms with Crippen molar-refractivity contribution in [3.8, 4) is 0 Å². The van der Waals surface area contributed by atoms with Crippen molar-refractivity contribution in [1.82, 2.24) is 29.9 Å². The summed E-state index contributed by atoms with van der Waals surface area (Å²) in [7, 11) is 0. The molecule has 11 heteroatoms. The van der Waals surface area contributed by atoms with E-state index in [1.54, 1.807) is 41.4 Å². The van der Waals surface area contributed by atoms with Crippen LogP contribution in [0.5, 0.6) is 0 Å². The Balaban J connectivity index is 1.18. The van der Waals surface area contributed by atoms with Crippen LogP contribution in [-0.2, 0) is 16.1 Å². The number of aromatic nitrogens is 5. The van der Waals surface area contributed by atoms with E-state index in [0.717, 1.165) is 11.5 Å². The fourth-order valence-electron chi connectivity index (χ4n) is 3.64. The van der Waals surface area contributed by atoms with E-state index in [2.05, 4.69) is 31.8 Å². The van der Waals surface area contributed by atoms with E-state index in [1.165, 1.54) is 0 Å². The summed E-state index contributed by atoms with van der Waals surface area (Å²) in [4.78, 5) is 36.5. The van der Waals surface area contributed by atoms with Gasteiger partial charge in [0.15, 0.2) is 0 Å². The molecule has 172 valence electrons. The normalized spacial score (nSPS) is 13.9. The van der Waals surface area contributed by atoms with Crippen molar-refractivity contribution in [2.45, 2.75) is 13.0 Å². The SMILES string of the molecule is C=Cc1cnc(N2CCN(C(=O)CCOCCn3nnc4ccc(C(N)=O)cc43)CC2)cn1. The van der Waals surface area contributed by atoms with E-state index in [0.29, 0.717) is 69.0 Å². The number of anilines is 1. The summed E-state index contributed by atoms with van der Waals surface area (Å²) in [6.45, 7) is 7.53. The molecule has 2 amide bonds. The minimum absolute atomic E-state index is 0.0695. The summed E-state index contributed by atoms with van der Waals surface area (Å²) in [6, 6.07) is 5.00. The second-order valence-corrected chi connectivity index (χ2v) is 7.61. The zero-order valence-corrected chi connectivity index (χ0v) is 18.3. The number of rotatable bonds is 9. The van der Waals surface area contributed by atoms with Crippen LogP contribution in [0.1, 0.15) is 22.5 Å². The van der Waals surface area contributed by atoms with Gasteiger partial charge in [-0.2, -0.15) is 0 Å². The highest BCUT2D eigenvalue weighted by molar-refractivity contribution is 5.96. The summed E-state index contributed by atoms with van der Waals surface area (Å²) in [6.07, 6.45) is 5.40. The highest BCUT2D eigenvalue weighted by atomic mass is 16.5. The Bertz CT molecular complexity index is 1140. The molecule has 3 heterocycles. The average molecular weight is 451 g/mol. The molecule has 0 radical (unpaired) electrons. The molecule has 1 fully saturated rings. The molecule has 1 aromatic carbocycles. The smallest absolute Gasteiger partial charge is 0.248 e. The van der Waals surface area contributed by atoms with Gasteiger partial charge in [-0.05, 0) is 24.3 Å². The number of hydrogen-bond acceptors (Lipinski definition) is 8. The van der Waals surface area contributed by atoms with Crippen LogP contribution in [0.2, 0.25) is 0 Å². The number of ether oxygens (including phenoxy) is 1. The first-order chi connectivity index (χ1) is 16.0. The summed E-state index contributed by atoms with van der Waals surface area (Å²) in [5.74, 6) is 0.374. The van der Waals surface area contributed by atoms with E-state index in [4.69, 9.17) is 10.5 Å². The molecule has 0 bridgehead atoms. The Morgan fingerprint density at radius 1 is 1.12 bits per heavy atom. The largest absolute Gasteiger partial charge is 0.379 e. The van der Waals surface area contributed by atoms with Crippen molar-refractivity contribution < 1.29 is 14.3 Å². The molecular weight excluding hydrogens is 424 g/mol. The summed E-state index contributed by atoms with van der Waals surface area (Å²) >= 11 is 0. The third kappa shape index (κ3) is 5.32. The first-order valence-corrected chi connectivity index (χ1v) is 10.7. The van der Waals surface area contributed by atoms with Gasteiger partial charge in [0.2, 0.25) is 11.8 Å². The lowest BCUT2D eigenvalue weighted by Gasteiger charge is -2.35. The van der Waals surface area contributed by atoms with Crippen molar-refractivity contribution in [3.63, 3.8) is 0 Å². The quantitative estimate of drug-likeness (QED) is 0.472. The van der Waals surface area contributed by atoms with Crippen LogP contribution < -0.4 is 10.6 Å². The van der Waals surface area contributed by atoms with Gasteiger partial charge in [-0.15, -0.1) is 5.10 Å². The Morgan fingerprint density at radius 2 is 1.94 bits per heavy atom. The second kappa shape index (κ2) is 10.2. The van der Waals surface area contributed by atoms with E-state index < -0.39 is 5.91 Å². The third-order valence-electron chi connectivity index (χ3n) is 5.53. The van der Waals surface area contributed by atoms with Crippen LogP contribution in [-0.4, -0.2) is 81.1 Å². The number of carbonyl (C=O) groups is 2. The molecule has 11 nitrogen and oxygen atoms in total. The molecule has 0 unspecified atom stereocenters. The maximum absolute atomic E-state index is 12.5. The number of primary amides is 1. The van der Waals surface area contributed by atoms with Gasteiger partial charge in [0.1, 0.15) is 11.3 Å². The molecule has 4 rings (SSSR count). The number of benzene rings is 1. The topological polar surface area (TPSA) is 132 Å². The molecule has 1 saturated heterocycles. The molecular formula is C22H26N8O3. The van der Waals surface area contributed by atoms with E-state index in [9.17, 15) is 9.59 Å². The molecule has 2 N–H and O–H groups in total. The Hall–Kier alpha value is -3.86. The van der Waals surface area contributed by atoms with Crippen LogP contribution in [0.4, 0.5) is 5.82 Å². The molecule has 2 aromatic heterocycles. The molecule has 0 aliphatic carbocycles. The van der Waals surface area contributed by atoms with Crippen molar-refractivity contribution in [1.29, 1.82) is 0 Å². The minimum atomic E-state index is -0.501. The average Bonchev–Trinajstić information content (AvgIpc) is 3.26. The van der Waals surface area contributed by atoms with Crippen molar-refractivity contribution in [2.75, 3.05) is 44.3 Å². The second-order valence-electron chi connectivity index (χ2n) is 7.61. The molecule has 1 aliphatic heterocycles. The standard InChI is InChI=1S/C22H26N8O3/c1-2-17-14-25-20(15-24-17)28-6-8-29(9-7-28)21(31)5-11-33-12-10-30-19-13-16(22(23)32)3-4-18(19)26-27-30/h2-4,13-15H,1,5-12H2,(H2,23,32). The minimum Gasteiger partial charge on any atom is -0.379 e. The maximum Gasteiger partial charge on any atom is 0.248 e. The summed E-state index contributed by atoms with van der Waals surface area (Å²) in [5, 5.41) is 8.16. The number of piperazine rings is 1. The number of nitrogens with zero attached hydrogens (tertiary/aromatic N) is 7. The number of hydrogen-bond donors (Lipinski definition) is 1. The zero-order chi connectivity index (χ0) is 23.2. The van der Waals surface area contributed by atoms with Gasteiger partial charge < -0.3 is 20.3 Å². The third-order valence-corrected chi connectivity index (χ3v) is 5.53. The van der Waals surface area contributed by atoms with Crippen molar-refractivity contribution >= 4 is 34.7 Å².